The molecule has 0 saturated heterocycles. The van der Waals surface area contributed by atoms with E-state index >= 15 is 0 Å². The van der Waals surface area contributed by atoms with Gasteiger partial charge in [-0.3, -0.25) is 9.69 Å². The van der Waals surface area contributed by atoms with E-state index in [9.17, 15) is 4.79 Å². The number of benzene rings is 1. The van der Waals surface area contributed by atoms with Crippen LogP contribution < -0.4 is 0 Å². The van der Waals surface area contributed by atoms with E-state index in [2.05, 4.69) is 32.0 Å². The molecule has 0 spiro atoms. The molecule has 88 valence electrons. The summed E-state index contributed by atoms with van der Waals surface area (Å²) in [4.78, 5) is 13.5. The number of nitrogens with zero attached hydrogens (tertiary/aromatic N) is 1. The first-order valence-corrected chi connectivity index (χ1v) is 5.65. The van der Waals surface area contributed by atoms with Gasteiger partial charge in [-0.2, -0.15) is 0 Å². The lowest BCUT2D eigenvalue weighted by Gasteiger charge is -2.22. The molecule has 0 aliphatic carbocycles. The number of hydrogen-bond acceptors (Lipinski definition) is 2. The third-order valence-electron chi connectivity index (χ3n) is 3.01. The van der Waals surface area contributed by atoms with Gasteiger partial charge in [0.05, 0.1) is 6.04 Å². The minimum atomic E-state index is -0.0134. The van der Waals surface area contributed by atoms with Crippen molar-refractivity contribution in [1.82, 2.24) is 4.90 Å². The second kappa shape index (κ2) is 5.26. The van der Waals surface area contributed by atoms with Gasteiger partial charge in [0.25, 0.3) is 0 Å². The number of carbonyl (C=O) groups is 1. The summed E-state index contributed by atoms with van der Waals surface area (Å²) in [5.74, 6) is 0.228. The molecule has 0 aromatic heterocycles. The van der Waals surface area contributed by atoms with Crippen LogP contribution in [0.15, 0.2) is 18.2 Å². The maximum atomic E-state index is 11.5. The summed E-state index contributed by atoms with van der Waals surface area (Å²) < 4.78 is 0. The normalized spacial score (nSPS) is 12.9. The van der Waals surface area contributed by atoms with Gasteiger partial charge in [0, 0.05) is 0 Å². The van der Waals surface area contributed by atoms with Gasteiger partial charge >= 0.3 is 0 Å². The lowest BCUT2D eigenvalue weighted by Crippen LogP contribution is -2.36. The van der Waals surface area contributed by atoms with E-state index in [0.29, 0.717) is 0 Å². The smallest absolute Gasteiger partial charge is 0.147 e. The highest BCUT2D eigenvalue weighted by Crippen LogP contribution is 2.14. The van der Waals surface area contributed by atoms with Crippen LogP contribution in [0.2, 0.25) is 0 Å². The van der Waals surface area contributed by atoms with Gasteiger partial charge in [-0.25, -0.2) is 0 Å². The van der Waals surface area contributed by atoms with Crippen molar-refractivity contribution >= 4 is 5.78 Å². The van der Waals surface area contributed by atoms with E-state index in [1.54, 1.807) is 6.92 Å². The zero-order chi connectivity index (χ0) is 12.3. The molecule has 0 N–H and O–H groups in total. The fourth-order valence-electron chi connectivity index (χ4n) is 1.92. The minimum absolute atomic E-state index is 0.0134. The zero-order valence-corrected chi connectivity index (χ0v) is 10.9. The molecule has 1 aromatic carbocycles. The number of likely N-dealkylation sites (N-methyl/N-ethyl adjacent to an activating group) is 1. The molecule has 0 radical (unpaired) electrons. The van der Waals surface area contributed by atoms with Crippen molar-refractivity contribution in [2.45, 2.75) is 33.2 Å². The first-order valence-electron chi connectivity index (χ1n) is 5.65. The summed E-state index contributed by atoms with van der Waals surface area (Å²) in [6.45, 7) is 5.85. The largest absolute Gasteiger partial charge is 0.299 e. The van der Waals surface area contributed by atoms with Crippen molar-refractivity contribution in [3.05, 3.63) is 34.9 Å². The first kappa shape index (κ1) is 12.9. The predicted molar refractivity (Wildman–Crippen MR) is 67.8 cm³/mol. The Morgan fingerprint density at radius 2 is 1.94 bits per heavy atom. The van der Waals surface area contributed by atoms with Crippen molar-refractivity contribution < 1.29 is 4.79 Å². The standard InChI is InChI=1S/C14H21NO/c1-10-6-7-11(2)13(8-10)9-14(12(3)16)15(4)5/h6-8,14H,9H2,1-5H3. The van der Waals surface area contributed by atoms with Crippen molar-refractivity contribution in [2.75, 3.05) is 14.1 Å². The molecular weight excluding hydrogens is 198 g/mol. The Morgan fingerprint density at radius 1 is 1.31 bits per heavy atom. The number of ketones is 1. The molecule has 1 rings (SSSR count). The molecule has 0 heterocycles. The van der Waals surface area contributed by atoms with E-state index in [0.717, 1.165) is 6.42 Å². The van der Waals surface area contributed by atoms with Crippen molar-refractivity contribution in [1.29, 1.82) is 0 Å². The Labute approximate surface area is 98.3 Å². The van der Waals surface area contributed by atoms with Crippen molar-refractivity contribution in [3.63, 3.8) is 0 Å². The molecule has 1 atom stereocenters. The fraction of sp³-hybridized carbons (Fsp3) is 0.500. The van der Waals surface area contributed by atoms with Gasteiger partial charge in [-0.1, -0.05) is 23.8 Å². The topological polar surface area (TPSA) is 20.3 Å². The van der Waals surface area contributed by atoms with Gasteiger partial charge in [0.2, 0.25) is 0 Å². The first-order chi connectivity index (χ1) is 7.41. The van der Waals surface area contributed by atoms with Crippen LogP contribution in [0.1, 0.15) is 23.6 Å². The summed E-state index contributed by atoms with van der Waals surface area (Å²) in [5.41, 5.74) is 3.79. The average Bonchev–Trinajstić information content (AvgIpc) is 2.18. The SMILES string of the molecule is CC(=O)C(Cc1cc(C)ccc1C)N(C)C. The van der Waals surface area contributed by atoms with Crippen molar-refractivity contribution in [2.24, 2.45) is 0 Å². The number of aryl methyl sites for hydroxylation is 2. The van der Waals surface area contributed by atoms with Crippen LogP contribution in [0.3, 0.4) is 0 Å². The number of Topliss-reactive ketones (excluding diaryl/α,β-unsaturated/α-hetero) is 1. The Balaban J connectivity index is 2.93. The monoisotopic (exact) mass is 219 g/mol. The number of hydrogen-bond donors (Lipinski definition) is 0. The molecule has 0 amide bonds. The fourth-order valence-corrected chi connectivity index (χ4v) is 1.92. The Bertz CT molecular complexity index is 382. The number of carbonyl (C=O) groups excluding carboxylic acids is 1. The van der Waals surface area contributed by atoms with E-state index < -0.39 is 0 Å². The minimum Gasteiger partial charge on any atom is -0.299 e. The van der Waals surface area contributed by atoms with Crippen LogP contribution in [0.5, 0.6) is 0 Å². The quantitative estimate of drug-likeness (QED) is 0.775. The van der Waals surface area contributed by atoms with Crippen LogP contribution in [-0.4, -0.2) is 30.8 Å². The van der Waals surface area contributed by atoms with E-state index in [-0.39, 0.29) is 11.8 Å². The highest BCUT2D eigenvalue weighted by Gasteiger charge is 2.17. The molecule has 1 aromatic rings. The maximum absolute atomic E-state index is 11.5. The van der Waals surface area contributed by atoms with Crippen LogP contribution in [0.4, 0.5) is 0 Å². The molecule has 1 unspecified atom stereocenters. The summed E-state index contributed by atoms with van der Waals surface area (Å²) >= 11 is 0. The van der Waals surface area contributed by atoms with Crippen molar-refractivity contribution in [3.8, 4) is 0 Å². The molecule has 0 bridgehead atoms. The second-order valence-electron chi connectivity index (χ2n) is 4.72. The van der Waals surface area contributed by atoms with E-state index in [1.165, 1.54) is 16.7 Å². The molecular formula is C14H21NO. The molecule has 0 aliphatic rings. The van der Waals surface area contributed by atoms with Crippen LogP contribution >= 0.6 is 0 Å². The number of rotatable bonds is 4. The lowest BCUT2D eigenvalue weighted by atomic mass is 9.97. The Kier molecular flexibility index (Phi) is 4.25. The lowest BCUT2D eigenvalue weighted by molar-refractivity contribution is -0.121. The third kappa shape index (κ3) is 3.17. The van der Waals surface area contributed by atoms with Crippen LogP contribution in [-0.2, 0) is 11.2 Å². The third-order valence-corrected chi connectivity index (χ3v) is 3.01. The highest BCUT2D eigenvalue weighted by molar-refractivity contribution is 5.81. The molecule has 0 fully saturated rings. The van der Waals surface area contributed by atoms with Gasteiger partial charge in [-0.15, -0.1) is 0 Å². The molecule has 2 nitrogen and oxygen atoms in total. The van der Waals surface area contributed by atoms with Crippen LogP contribution in [0, 0.1) is 13.8 Å². The second-order valence-corrected chi connectivity index (χ2v) is 4.72. The highest BCUT2D eigenvalue weighted by atomic mass is 16.1. The van der Waals surface area contributed by atoms with Gasteiger partial charge in [-0.05, 0) is 52.4 Å². The van der Waals surface area contributed by atoms with Gasteiger partial charge in [0.1, 0.15) is 5.78 Å². The summed E-state index contributed by atoms with van der Waals surface area (Å²) in [6.07, 6.45) is 0.801. The zero-order valence-electron chi connectivity index (χ0n) is 10.9. The molecule has 0 saturated carbocycles. The van der Waals surface area contributed by atoms with Gasteiger partial charge < -0.3 is 0 Å². The molecule has 0 aliphatic heterocycles. The average molecular weight is 219 g/mol. The Morgan fingerprint density at radius 3 is 2.44 bits per heavy atom. The van der Waals surface area contributed by atoms with Crippen LogP contribution in [0.25, 0.3) is 0 Å². The molecule has 16 heavy (non-hydrogen) atoms. The van der Waals surface area contributed by atoms with Gasteiger partial charge in [0.15, 0.2) is 0 Å². The summed E-state index contributed by atoms with van der Waals surface area (Å²) in [7, 11) is 3.91. The Hall–Kier alpha value is -1.15. The predicted octanol–water partition coefficient (Wildman–Crippen LogP) is 2.37. The maximum Gasteiger partial charge on any atom is 0.147 e. The summed E-state index contributed by atoms with van der Waals surface area (Å²) in [6, 6.07) is 6.39. The van der Waals surface area contributed by atoms with E-state index in [4.69, 9.17) is 0 Å². The summed E-state index contributed by atoms with van der Waals surface area (Å²) in [5, 5.41) is 0. The van der Waals surface area contributed by atoms with E-state index in [1.807, 2.05) is 19.0 Å². The molecule has 2 heteroatoms.